The van der Waals surface area contributed by atoms with E-state index in [1.807, 2.05) is 0 Å². The first kappa shape index (κ1) is 15.5. The lowest BCUT2D eigenvalue weighted by atomic mass is 10.0. The molecule has 0 spiro atoms. The molecular formula is C19H20N2O2S. The maximum atomic E-state index is 12.4. The average Bonchev–Trinajstić information content (AvgIpc) is 3.25. The summed E-state index contributed by atoms with van der Waals surface area (Å²) in [6.07, 6.45) is 3.30. The van der Waals surface area contributed by atoms with Crippen LogP contribution in [-0.2, 0) is 6.42 Å². The van der Waals surface area contributed by atoms with Crippen molar-refractivity contribution < 1.29 is 4.79 Å². The van der Waals surface area contributed by atoms with Gasteiger partial charge < -0.3 is 9.88 Å². The Bertz CT molecular complexity index is 849. The first-order valence-electron chi connectivity index (χ1n) is 8.49. The summed E-state index contributed by atoms with van der Waals surface area (Å²) in [6, 6.07) is 8.41. The van der Waals surface area contributed by atoms with Crippen molar-refractivity contribution in [2.75, 3.05) is 23.7 Å². The minimum absolute atomic E-state index is 0.0538. The maximum absolute atomic E-state index is 12.4. The van der Waals surface area contributed by atoms with Crippen molar-refractivity contribution in [3.8, 4) is 11.3 Å². The van der Waals surface area contributed by atoms with Gasteiger partial charge in [-0.15, -0.1) is 11.8 Å². The zero-order valence-electron chi connectivity index (χ0n) is 13.7. The number of Topliss-reactive ketones (excluding diaryl/α,β-unsaturated/α-hetero) is 1. The fourth-order valence-electron chi connectivity index (χ4n) is 3.64. The molecule has 0 saturated carbocycles. The van der Waals surface area contributed by atoms with Crippen molar-refractivity contribution >= 4 is 23.2 Å². The predicted molar refractivity (Wildman–Crippen MR) is 98.4 cm³/mol. The Morgan fingerprint density at radius 1 is 1.12 bits per heavy atom. The molecule has 1 aromatic carbocycles. The van der Waals surface area contributed by atoms with Gasteiger partial charge in [-0.3, -0.25) is 9.59 Å². The number of aromatic nitrogens is 1. The van der Waals surface area contributed by atoms with Gasteiger partial charge in [0.2, 0.25) is 0 Å². The van der Waals surface area contributed by atoms with Crippen LogP contribution in [0.1, 0.15) is 35.7 Å². The van der Waals surface area contributed by atoms with Gasteiger partial charge in [-0.1, -0.05) is 19.1 Å². The summed E-state index contributed by atoms with van der Waals surface area (Å²) in [5.41, 5.74) is 4.29. The number of fused-ring (bicyclic) bond motifs is 1. The first-order chi connectivity index (χ1) is 11.7. The van der Waals surface area contributed by atoms with Crippen LogP contribution >= 0.6 is 11.8 Å². The van der Waals surface area contributed by atoms with Crippen LogP contribution in [0.15, 0.2) is 34.0 Å². The molecule has 2 aromatic rings. The fraction of sp³-hybridized carbons (Fsp3) is 0.368. The van der Waals surface area contributed by atoms with E-state index in [-0.39, 0.29) is 11.3 Å². The van der Waals surface area contributed by atoms with Crippen molar-refractivity contribution in [2.45, 2.75) is 31.1 Å². The van der Waals surface area contributed by atoms with Crippen LogP contribution in [-0.4, -0.2) is 29.6 Å². The number of anilines is 1. The zero-order valence-corrected chi connectivity index (χ0v) is 14.5. The van der Waals surface area contributed by atoms with E-state index < -0.39 is 0 Å². The topological polar surface area (TPSA) is 53.2 Å². The minimum Gasteiger partial charge on any atom is -0.372 e. The molecule has 4 nitrogen and oxygen atoms in total. The third-order valence-electron chi connectivity index (χ3n) is 4.88. The lowest BCUT2D eigenvalue weighted by Crippen LogP contribution is -2.19. The Morgan fingerprint density at radius 2 is 1.83 bits per heavy atom. The largest absolute Gasteiger partial charge is 0.372 e. The van der Waals surface area contributed by atoms with E-state index in [1.165, 1.54) is 30.3 Å². The molecule has 1 N–H and O–H groups in total. The van der Waals surface area contributed by atoms with Gasteiger partial charge in [-0.05, 0) is 42.5 Å². The number of nitrogens with one attached hydrogen (secondary N) is 1. The average molecular weight is 340 g/mol. The number of carbonyl (C=O) groups excluding carboxylic acids is 1. The standard InChI is InChI=1S/C19H20N2O2S/c1-2-14-17(20-19(23)16-15(22)11-24-18(14)16)12-5-7-13(8-6-12)21-9-3-4-10-21/h5-8H,2-4,9-11H2,1H3,(H,20,23). The number of carbonyl (C=O) groups is 1. The Kier molecular flexibility index (Phi) is 3.96. The van der Waals surface area contributed by atoms with Crippen molar-refractivity contribution in [3.63, 3.8) is 0 Å². The normalized spacial score (nSPS) is 16.7. The molecule has 2 aliphatic heterocycles. The van der Waals surface area contributed by atoms with Gasteiger partial charge in [0.15, 0.2) is 5.78 Å². The quantitative estimate of drug-likeness (QED) is 0.929. The number of pyridine rings is 1. The number of rotatable bonds is 3. The number of ketones is 1. The van der Waals surface area contributed by atoms with Crippen molar-refractivity contribution in [2.24, 2.45) is 0 Å². The van der Waals surface area contributed by atoms with E-state index in [1.54, 1.807) is 0 Å². The van der Waals surface area contributed by atoms with Crippen LogP contribution in [0.4, 0.5) is 5.69 Å². The highest BCUT2D eigenvalue weighted by Crippen LogP contribution is 2.37. The van der Waals surface area contributed by atoms with Crippen molar-refractivity contribution in [1.29, 1.82) is 0 Å². The molecule has 0 bridgehead atoms. The molecule has 3 heterocycles. The molecule has 2 aliphatic rings. The summed E-state index contributed by atoms with van der Waals surface area (Å²) in [4.78, 5) is 30.5. The summed E-state index contributed by atoms with van der Waals surface area (Å²) < 4.78 is 0. The van der Waals surface area contributed by atoms with E-state index in [9.17, 15) is 9.59 Å². The molecule has 0 atom stereocenters. The van der Waals surface area contributed by atoms with E-state index in [0.29, 0.717) is 11.3 Å². The highest BCUT2D eigenvalue weighted by molar-refractivity contribution is 8.00. The van der Waals surface area contributed by atoms with Crippen LogP contribution in [0.25, 0.3) is 11.3 Å². The number of aromatic amines is 1. The van der Waals surface area contributed by atoms with Crippen molar-refractivity contribution in [1.82, 2.24) is 4.98 Å². The minimum atomic E-state index is -0.254. The van der Waals surface area contributed by atoms with Gasteiger partial charge in [-0.25, -0.2) is 0 Å². The monoisotopic (exact) mass is 340 g/mol. The predicted octanol–water partition coefficient (Wildman–Crippen LogP) is 3.49. The fourth-order valence-corrected chi connectivity index (χ4v) is 4.83. The molecule has 24 heavy (non-hydrogen) atoms. The third kappa shape index (κ3) is 2.47. The molecule has 0 radical (unpaired) electrons. The number of nitrogens with zero attached hydrogens (tertiary/aromatic N) is 1. The highest BCUT2D eigenvalue weighted by atomic mass is 32.2. The van der Waals surface area contributed by atoms with Crippen LogP contribution in [0.2, 0.25) is 0 Å². The van der Waals surface area contributed by atoms with E-state index in [4.69, 9.17) is 0 Å². The number of benzene rings is 1. The van der Waals surface area contributed by atoms with Crippen molar-refractivity contribution in [3.05, 3.63) is 45.7 Å². The molecule has 0 amide bonds. The third-order valence-corrected chi connectivity index (χ3v) is 6.02. The van der Waals surface area contributed by atoms with Gasteiger partial charge in [0.25, 0.3) is 5.56 Å². The van der Waals surface area contributed by atoms with Crippen LogP contribution in [0, 0.1) is 0 Å². The molecule has 0 aliphatic carbocycles. The number of hydrogen-bond donors (Lipinski definition) is 1. The van der Waals surface area contributed by atoms with Gasteiger partial charge in [0, 0.05) is 23.7 Å². The van der Waals surface area contributed by atoms with Gasteiger partial charge in [-0.2, -0.15) is 0 Å². The van der Waals surface area contributed by atoms with Gasteiger partial charge >= 0.3 is 0 Å². The SMILES string of the molecule is CCc1c(-c2ccc(N3CCCC3)cc2)[nH]c(=O)c2c1SCC2=O. The van der Waals surface area contributed by atoms with Crippen LogP contribution in [0.3, 0.4) is 0 Å². The Labute approximate surface area is 145 Å². The Hall–Kier alpha value is -2.01. The number of thioether (sulfide) groups is 1. The van der Waals surface area contributed by atoms with Gasteiger partial charge in [0.1, 0.15) is 0 Å². The second kappa shape index (κ2) is 6.13. The second-order valence-electron chi connectivity index (χ2n) is 6.32. The molecule has 4 rings (SSSR count). The molecule has 1 saturated heterocycles. The molecule has 0 unspecified atom stereocenters. The summed E-state index contributed by atoms with van der Waals surface area (Å²) in [7, 11) is 0. The highest BCUT2D eigenvalue weighted by Gasteiger charge is 2.28. The molecular weight excluding hydrogens is 320 g/mol. The molecule has 5 heteroatoms. The molecule has 1 aromatic heterocycles. The van der Waals surface area contributed by atoms with E-state index in [2.05, 4.69) is 41.1 Å². The lowest BCUT2D eigenvalue weighted by Gasteiger charge is -2.18. The second-order valence-corrected chi connectivity index (χ2v) is 7.30. The maximum Gasteiger partial charge on any atom is 0.260 e. The summed E-state index contributed by atoms with van der Waals surface area (Å²) >= 11 is 1.50. The smallest absolute Gasteiger partial charge is 0.260 e. The number of H-pyrrole nitrogens is 1. The lowest BCUT2D eigenvalue weighted by molar-refractivity contribution is 0.102. The van der Waals surface area contributed by atoms with E-state index >= 15 is 0 Å². The summed E-state index contributed by atoms with van der Waals surface area (Å²) in [6.45, 7) is 4.31. The van der Waals surface area contributed by atoms with Crippen LogP contribution < -0.4 is 10.5 Å². The number of hydrogen-bond acceptors (Lipinski definition) is 4. The Morgan fingerprint density at radius 3 is 2.50 bits per heavy atom. The summed E-state index contributed by atoms with van der Waals surface area (Å²) in [5, 5.41) is 0. The zero-order chi connectivity index (χ0) is 16.7. The molecule has 1 fully saturated rings. The first-order valence-corrected chi connectivity index (χ1v) is 9.48. The summed E-state index contributed by atoms with van der Waals surface area (Å²) in [5.74, 6) is 0.324. The van der Waals surface area contributed by atoms with Gasteiger partial charge in [0.05, 0.1) is 17.0 Å². The van der Waals surface area contributed by atoms with E-state index in [0.717, 1.165) is 41.2 Å². The van der Waals surface area contributed by atoms with Crippen LogP contribution in [0.5, 0.6) is 0 Å². The molecule has 124 valence electrons. The Balaban J connectivity index is 1.78.